The highest BCUT2D eigenvalue weighted by molar-refractivity contribution is 5.69. The fourth-order valence-electron chi connectivity index (χ4n) is 2.01. The summed E-state index contributed by atoms with van der Waals surface area (Å²) in [6.45, 7) is 1.03. The van der Waals surface area contributed by atoms with E-state index in [1.807, 2.05) is 0 Å². The van der Waals surface area contributed by atoms with Crippen LogP contribution >= 0.6 is 0 Å². The van der Waals surface area contributed by atoms with Crippen molar-refractivity contribution >= 4 is 5.97 Å². The molecule has 0 bridgehead atoms. The summed E-state index contributed by atoms with van der Waals surface area (Å²) in [5.74, 6) is -0.571. The zero-order valence-electron chi connectivity index (χ0n) is 9.39. The van der Waals surface area contributed by atoms with E-state index in [0.29, 0.717) is 13.2 Å². The number of esters is 1. The van der Waals surface area contributed by atoms with E-state index in [4.69, 9.17) is 4.74 Å². The van der Waals surface area contributed by atoms with Gasteiger partial charge in [0, 0.05) is 24.1 Å². The van der Waals surface area contributed by atoms with Crippen molar-refractivity contribution in [1.82, 2.24) is 0 Å². The molecule has 1 aliphatic rings. The molecule has 0 radical (unpaired) electrons. The van der Waals surface area contributed by atoms with Crippen LogP contribution in [0.3, 0.4) is 0 Å². The number of nitro groups is 1. The van der Waals surface area contributed by atoms with Gasteiger partial charge in [0.2, 0.25) is 6.54 Å². The fraction of sp³-hybridized carbons (Fsp3) is 0.900. The van der Waals surface area contributed by atoms with Crippen LogP contribution in [-0.2, 0) is 14.3 Å². The molecule has 1 rings (SSSR count). The molecule has 1 fully saturated rings. The molecule has 0 aliphatic carbocycles. The zero-order chi connectivity index (χ0) is 12.0. The maximum absolute atomic E-state index is 11.2. The summed E-state index contributed by atoms with van der Waals surface area (Å²) < 4.78 is 9.84. The van der Waals surface area contributed by atoms with E-state index in [0.717, 1.165) is 12.8 Å². The van der Waals surface area contributed by atoms with Gasteiger partial charge in [-0.05, 0) is 18.8 Å². The van der Waals surface area contributed by atoms with E-state index in [-0.39, 0.29) is 29.7 Å². The molecule has 6 heteroatoms. The van der Waals surface area contributed by atoms with Crippen molar-refractivity contribution in [1.29, 1.82) is 0 Å². The van der Waals surface area contributed by atoms with Gasteiger partial charge in [-0.2, -0.15) is 0 Å². The first kappa shape index (κ1) is 12.9. The fourth-order valence-corrected chi connectivity index (χ4v) is 2.01. The van der Waals surface area contributed by atoms with Gasteiger partial charge >= 0.3 is 5.97 Å². The minimum absolute atomic E-state index is 0.0956. The molecule has 0 unspecified atom stereocenters. The average Bonchev–Trinajstić information content (AvgIpc) is 2.28. The van der Waals surface area contributed by atoms with Crippen LogP contribution in [0.2, 0.25) is 0 Å². The molecule has 1 aliphatic heterocycles. The lowest BCUT2D eigenvalue weighted by atomic mass is 9.85. The number of rotatable bonds is 5. The summed E-state index contributed by atoms with van der Waals surface area (Å²) in [4.78, 5) is 21.3. The molecule has 0 amide bonds. The van der Waals surface area contributed by atoms with Crippen LogP contribution in [0.1, 0.15) is 19.3 Å². The Balaban J connectivity index is 2.53. The Labute approximate surface area is 94.1 Å². The third-order valence-electron chi connectivity index (χ3n) is 2.90. The number of ether oxygens (including phenoxy) is 2. The van der Waals surface area contributed by atoms with Gasteiger partial charge in [-0.25, -0.2) is 0 Å². The lowest BCUT2D eigenvalue weighted by Crippen LogP contribution is -2.31. The summed E-state index contributed by atoms with van der Waals surface area (Å²) in [6.07, 6.45) is 1.89. The highest BCUT2D eigenvalue weighted by atomic mass is 16.6. The van der Waals surface area contributed by atoms with Crippen LogP contribution in [0, 0.1) is 22.0 Å². The van der Waals surface area contributed by atoms with Crippen LogP contribution in [0.15, 0.2) is 0 Å². The highest BCUT2D eigenvalue weighted by Gasteiger charge is 2.30. The van der Waals surface area contributed by atoms with Crippen molar-refractivity contribution in [2.75, 3.05) is 26.9 Å². The van der Waals surface area contributed by atoms with E-state index in [1.165, 1.54) is 7.11 Å². The number of hydrogen-bond acceptors (Lipinski definition) is 5. The highest BCUT2D eigenvalue weighted by Crippen LogP contribution is 2.25. The maximum Gasteiger partial charge on any atom is 0.306 e. The first-order chi connectivity index (χ1) is 7.63. The molecule has 0 aromatic rings. The second kappa shape index (κ2) is 6.42. The van der Waals surface area contributed by atoms with Crippen LogP contribution < -0.4 is 0 Å². The van der Waals surface area contributed by atoms with Gasteiger partial charge in [0.15, 0.2) is 0 Å². The zero-order valence-corrected chi connectivity index (χ0v) is 9.39. The van der Waals surface area contributed by atoms with Gasteiger partial charge in [-0.1, -0.05) is 0 Å². The van der Waals surface area contributed by atoms with Gasteiger partial charge < -0.3 is 9.47 Å². The normalized spacial score (nSPS) is 22.4. The minimum Gasteiger partial charge on any atom is -0.469 e. The van der Waals surface area contributed by atoms with E-state index in [2.05, 4.69) is 4.74 Å². The summed E-state index contributed by atoms with van der Waals surface area (Å²) in [5.41, 5.74) is 0. The monoisotopic (exact) mass is 231 g/mol. The summed E-state index contributed by atoms with van der Waals surface area (Å²) >= 11 is 0. The first-order valence-electron chi connectivity index (χ1n) is 5.40. The van der Waals surface area contributed by atoms with Crippen molar-refractivity contribution in [3.63, 3.8) is 0 Å². The lowest BCUT2D eigenvalue weighted by molar-refractivity contribution is -0.490. The van der Waals surface area contributed by atoms with Crippen LogP contribution in [0.4, 0.5) is 0 Å². The molecule has 0 aromatic carbocycles. The molecular weight excluding hydrogens is 214 g/mol. The van der Waals surface area contributed by atoms with E-state index >= 15 is 0 Å². The molecule has 1 saturated heterocycles. The quantitative estimate of drug-likeness (QED) is 0.398. The van der Waals surface area contributed by atoms with E-state index in [1.54, 1.807) is 0 Å². The van der Waals surface area contributed by atoms with Crippen molar-refractivity contribution < 1.29 is 19.2 Å². The summed E-state index contributed by atoms with van der Waals surface area (Å²) in [6, 6.07) is 0. The molecule has 1 heterocycles. The number of hydrogen-bond donors (Lipinski definition) is 0. The van der Waals surface area contributed by atoms with Crippen molar-refractivity contribution in [3.05, 3.63) is 10.1 Å². The Kier molecular flexibility index (Phi) is 5.18. The second-order valence-corrected chi connectivity index (χ2v) is 4.03. The van der Waals surface area contributed by atoms with Gasteiger partial charge in [0.1, 0.15) is 0 Å². The topological polar surface area (TPSA) is 78.7 Å². The van der Waals surface area contributed by atoms with Gasteiger partial charge in [-0.15, -0.1) is 0 Å². The van der Waals surface area contributed by atoms with Crippen molar-refractivity contribution in [3.8, 4) is 0 Å². The molecule has 0 aromatic heterocycles. The Morgan fingerprint density at radius 1 is 1.69 bits per heavy atom. The Bertz CT molecular complexity index is 250. The SMILES string of the molecule is COC(=O)C[C@H](C[N+](=O)[O-])[C@H]1CCCOC1. The average molecular weight is 231 g/mol. The number of nitrogens with zero attached hydrogens (tertiary/aromatic N) is 1. The molecule has 6 nitrogen and oxygen atoms in total. The van der Waals surface area contributed by atoms with Gasteiger partial charge in [0.25, 0.3) is 0 Å². The van der Waals surface area contributed by atoms with Gasteiger partial charge in [0.05, 0.1) is 13.5 Å². The van der Waals surface area contributed by atoms with Crippen molar-refractivity contribution in [2.45, 2.75) is 19.3 Å². The standard InChI is InChI=1S/C10H17NO5/c1-15-10(12)5-9(6-11(13)14)8-3-2-4-16-7-8/h8-9H,2-7H2,1H3/t8-,9+/m0/s1. The minimum atomic E-state index is -0.391. The molecule has 92 valence electrons. The van der Waals surface area contributed by atoms with Gasteiger partial charge in [-0.3, -0.25) is 14.9 Å². The molecule has 2 atom stereocenters. The molecular formula is C10H17NO5. The van der Waals surface area contributed by atoms with Crippen LogP contribution in [0.5, 0.6) is 0 Å². The number of methoxy groups -OCH3 is 1. The Hall–Kier alpha value is -1.17. The summed E-state index contributed by atoms with van der Waals surface area (Å²) in [7, 11) is 1.29. The maximum atomic E-state index is 11.2. The summed E-state index contributed by atoms with van der Waals surface area (Å²) in [5, 5.41) is 10.5. The van der Waals surface area contributed by atoms with Crippen molar-refractivity contribution in [2.24, 2.45) is 11.8 Å². The first-order valence-corrected chi connectivity index (χ1v) is 5.40. The molecule has 0 saturated carbocycles. The molecule has 0 N–H and O–H groups in total. The van der Waals surface area contributed by atoms with Crippen LogP contribution in [0.25, 0.3) is 0 Å². The smallest absolute Gasteiger partial charge is 0.306 e. The predicted octanol–water partition coefficient (Wildman–Crippen LogP) is 0.869. The predicted molar refractivity (Wildman–Crippen MR) is 55.5 cm³/mol. The number of carbonyl (C=O) groups is 1. The third kappa shape index (κ3) is 4.14. The lowest BCUT2D eigenvalue weighted by Gasteiger charge is -2.27. The van der Waals surface area contributed by atoms with E-state index in [9.17, 15) is 14.9 Å². The Morgan fingerprint density at radius 2 is 2.44 bits per heavy atom. The Morgan fingerprint density at radius 3 is 2.94 bits per heavy atom. The molecule has 0 spiro atoms. The van der Waals surface area contributed by atoms with E-state index < -0.39 is 5.97 Å². The second-order valence-electron chi connectivity index (χ2n) is 4.03. The third-order valence-corrected chi connectivity index (χ3v) is 2.90. The number of carbonyl (C=O) groups excluding carboxylic acids is 1. The van der Waals surface area contributed by atoms with Crippen LogP contribution in [-0.4, -0.2) is 37.8 Å². The largest absolute Gasteiger partial charge is 0.469 e. The molecule has 16 heavy (non-hydrogen) atoms.